The fourth-order valence-electron chi connectivity index (χ4n) is 5.22. The van der Waals surface area contributed by atoms with Gasteiger partial charge in [0.1, 0.15) is 11.4 Å². The molecule has 7 nitrogen and oxygen atoms in total. The number of carbonyl (C=O) groups is 1. The van der Waals surface area contributed by atoms with Gasteiger partial charge < -0.3 is 19.5 Å². The van der Waals surface area contributed by atoms with Crippen molar-refractivity contribution in [1.82, 2.24) is 19.9 Å². The monoisotopic (exact) mass is 511 g/mol. The molecule has 0 saturated carbocycles. The lowest BCUT2D eigenvalue weighted by Gasteiger charge is -2.36. The summed E-state index contributed by atoms with van der Waals surface area (Å²) >= 11 is 0. The van der Waals surface area contributed by atoms with Crippen LogP contribution in [-0.4, -0.2) is 57.7 Å². The van der Waals surface area contributed by atoms with Crippen LogP contribution in [0, 0.1) is 13.8 Å². The highest BCUT2D eigenvalue weighted by Gasteiger charge is 2.26. The maximum Gasteiger partial charge on any atom is 0.410 e. The molecule has 198 valence electrons. The first-order valence-corrected chi connectivity index (χ1v) is 13.4. The fraction of sp³-hybridized carbons (Fsp3) is 0.387. The Bertz CT molecular complexity index is 1440. The molecule has 0 aliphatic carbocycles. The first-order chi connectivity index (χ1) is 18.1. The predicted octanol–water partition coefficient (Wildman–Crippen LogP) is 6.53. The van der Waals surface area contributed by atoms with Crippen molar-refractivity contribution < 1.29 is 9.53 Å². The highest BCUT2D eigenvalue weighted by molar-refractivity contribution is 5.93. The van der Waals surface area contributed by atoms with Crippen LogP contribution >= 0.6 is 0 Å². The molecule has 1 aliphatic heterocycles. The largest absolute Gasteiger partial charge is 0.444 e. The lowest BCUT2D eigenvalue weighted by molar-refractivity contribution is 0.0240. The maximum absolute atomic E-state index is 12.4. The molecule has 3 aromatic heterocycles. The predicted molar refractivity (Wildman–Crippen MR) is 154 cm³/mol. The number of H-pyrrole nitrogens is 1. The van der Waals surface area contributed by atoms with Crippen LogP contribution in [0.2, 0.25) is 0 Å². The standard InChI is InChI=1S/C31H37N5O2/c1-7-25-26-10-8-22(18-27(26)34-29(25)24-16-20(2)33-21(3)17-24)23-9-11-28(32-19-23)35-12-14-36(15-13-35)30(37)38-31(4,5)6/h8-11,16-19,34H,7,12-15H2,1-6H3. The SMILES string of the molecule is CCc1c(-c2cc(C)nc(C)c2)[nH]c2cc(-c3ccc(N4CCN(C(=O)OC(C)(C)C)CC4)nc3)ccc12. The van der Waals surface area contributed by atoms with E-state index in [4.69, 9.17) is 9.72 Å². The second-order valence-corrected chi connectivity index (χ2v) is 11.1. The van der Waals surface area contributed by atoms with Crippen molar-refractivity contribution in [2.75, 3.05) is 31.1 Å². The van der Waals surface area contributed by atoms with Gasteiger partial charge in [0.15, 0.2) is 0 Å². The molecule has 7 heteroatoms. The van der Waals surface area contributed by atoms with Crippen LogP contribution in [0.4, 0.5) is 10.6 Å². The highest BCUT2D eigenvalue weighted by atomic mass is 16.6. The molecule has 1 fully saturated rings. The third-order valence-electron chi connectivity index (χ3n) is 6.97. The summed E-state index contributed by atoms with van der Waals surface area (Å²) in [6.45, 7) is 14.7. The fourth-order valence-corrected chi connectivity index (χ4v) is 5.22. The summed E-state index contributed by atoms with van der Waals surface area (Å²) < 4.78 is 5.51. The van der Waals surface area contributed by atoms with E-state index < -0.39 is 5.60 Å². The summed E-state index contributed by atoms with van der Waals surface area (Å²) in [5, 5.41) is 1.26. The number of rotatable bonds is 4. The number of benzene rings is 1. The summed E-state index contributed by atoms with van der Waals surface area (Å²) in [5.41, 5.74) is 8.59. The molecule has 1 aromatic carbocycles. The zero-order valence-corrected chi connectivity index (χ0v) is 23.3. The Morgan fingerprint density at radius 2 is 1.63 bits per heavy atom. The molecule has 1 N–H and O–H groups in total. The quantitative estimate of drug-likeness (QED) is 0.337. The molecule has 0 radical (unpaired) electrons. The minimum Gasteiger partial charge on any atom is -0.444 e. The Labute approximate surface area is 224 Å². The van der Waals surface area contributed by atoms with E-state index in [9.17, 15) is 4.79 Å². The second-order valence-electron chi connectivity index (χ2n) is 11.1. The summed E-state index contributed by atoms with van der Waals surface area (Å²) in [4.78, 5) is 29.4. The van der Waals surface area contributed by atoms with E-state index in [0.29, 0.717) is 13.1 Å². The zero-order valence-electron chi connectivity index (χ0n) is 23.3. The van der Waals surface area contributed by atoms with Gasteiger partial charge in [0, 0.05) is 71.5 Å². The van der Waals surface area contributed by atoms with Crippen molar-refractivity contribution in [3.63, 3.8) is 0 Å². The van der Waals surface area contributed by atoms with Crippen LogP contribution in [0.15, 0.2) is 48.7 Å². The lowest BCUT2D eigenvalue weighted by Crippen LogP contribution is -2.50. The maximum atomic E-state index is 12.4. The summed E-state index contributed by atoms with van der Waals surface area (Å²) in [5.74, 6) is 0.928. The van der Waals surface area contributed by atoms with E-state index in [1.54, 1.807) is 4.90 Å². The van der Waals surface area contributed by atoms with Crippen molar-refractivity contribution in [1.29, 1.82) is 0 Å². The summed E-state index contributed by atoms with van der Waals surface area (Å²) in [7, 11) is 0. The molecule has 1 saturated heterocycles. The number of hydrogen-bond donors (Lipinski definition) is 1. The van der Waals surface area contributed by atoms with Crippen LogP contribution in [0.3, 0.4) is 0 Å². The van der Waals surface area contributed by atoms with Crippen molar-refractivity contribution in [2.24, 2.45) is 0 Å². The van der Waals surface area contributed by atoms with Crippen LogP contribution in [0.25, 0.3) is 33.3 Å². The normalized spacial score (nSPS) is 14.3. The van der Waals surface area contributed by atoms with Gasteiger partial charge in [-0.2, -0.15) is 0 Å². The molecule has 5 rings (SSSR count). The molecule has 0 bridgehead atoms. The van der Waals surface area contributed by atoms with Gasteiger partial charge in [-0.15, -0.1) is 0 Å². The van der Waals surface area contributed by atoms with Crippen LogP contribution in [0.1, 0.15) is 44.6 Å². The number of aryl methyl sites for hydroxylation is 3. The number of anilines is 1. The average molecular weight is 512 g/mol. The Hall–Kier alpha value is -3.87. The zero-order chi connectivity index (χ0) is 27.0. The minimum atomic E-state index is -0.481. The van der Waals surface area contributed by atoms with Gasteiger partial charge in [0.05, 0.1) is 0 Å². The number of aromatic nitrogens is 3. The van der Waals surface area contributed by atoms with E-state index in [1.807, 2.05) is 40.8 Å². The molecular weight excluding hydrogens is 474 g/mol. The molecule has 0 atom stereocenters. The van der Waals surface area contributed by atoms with Gasteiger partial charge >= 0.3 is 6.09 Å². The molecule has 38 heavy (non-hydrogen) atoms. The van der Waals surface area contributed by atoms with E-state index >= 15 is 0 Å². The summed E-state index contributed by atoms with van der Waals surface area (Å²) in [6.07, 6.45) is 2.65. The van der Waals surface area contributed by atoms with Crippen LogP contribution in [0.5, 0.6) is 0 Å². The number of amides is 1. The third kappa shape index (κ3) is 5.37. The second kappa shape index (κ2) is 10.1. The number of nitrogens with one attached hydrogen (secondary N) is 1. The van der Waals surface area contributed by atoms with Gasteiger partial charge in [0.25, 0.3) is 0 Å². The molecule has 0 unspecified atom stereocenters. The molecule has 4 aromatic rings. The number of aromatic amines is 1. The smallest absolute Gasteiger partial charge is 0.410 e. The van der Waals surface area contributed by atoms with Crippen molar-refractivity contribution in [2.45, 2.75) is 53.6 Å². The topological polar surface area (TPSA) is 74.4 Å². The molecule has 0 spiro atoms. The molecular formula is C31H37N5O2. The highest BCUT2D eigenvalue weighted by Crippen LogP contribution is 2.34. The van der Waals surface area contributed by atoms with Crippen molar-refractivity contribution in [3.8, 4) is 22.4 Å². The Balaban J connectivity index is 1.33. The van der Waals surface area contributed by atoms with Gasteiger partial charge in [-0.25, -0.2) is 9.78 Å². The van der Waals surface area contributed by atoms with Gasteiger partial charge in [-0.3, -0.25) is 4.98 Å². The Morgan fingerprint density at radius 3 is 2.24 bits per heavy atom. The van der Waals surface area contributed by atoms with Crippen LogP contribution < -0.4 is 4.90 Å². The number of fused-ring (bicyclic) bond motifs is 1. The lowest BCUT2D eigenvalue weighted by atomic mass is 10.0. The van der Waals surface area contributed by atoms with E-state index in [1.165, 1.54) is 22.2 Å². The first kappa shape index (κ1) is 25.8. The van der Waals surface area contributed by atoms with Gasteiger partial charge in [0.2, 0.25) is 0 Å². The van der Waals surface area contributed by atoms with E-state index in [2.05, 4.69) is 64.3 Å². The number of piperazine rings is 1. The number of nitrogens with zero attached hydrogens (tertiary/aromatic N) is 4. The van der Waals surface area contributed by atoms with Crippen molar-refractivity contribution >= 4 is 22.8 Å². The molecule has 4 heterocycles. The number of hydrogen-bond acceptors (Lipinski definition) is 5. The Morgan fingerprint density at radius 1 is 0.947 bits per heavy atom. The van der Waals surface area contributed by atoms with Crippen molar-refractivity contribution in [3.05, 3.63) is 65.6 Å². The number of pyridine rings is 2. The Kier molecular flexibility index (Phi) is 6.86. The summed E-state index contributed by atoms with van der Waals surface area (Å²) in [6, 6.07) is 15.1. The van der Waals surface area contributed by atoms with Crippen LogP contribution in [-0.2, 0) is 11.2 Å². The van der Waals surface area contributed by atoms with E-state index in [0.717, 1.165) is 53.4 Å². The van der Waals surface area contributed by atoms with E-state index in [-0.39, 0.29) is 6.09 Å². The third-order valence-corrected chi connectivity index (χ3v) is 6.97. The van der Waals surface area contributed by atoms with Gasteiger partial charge in [-0.05, 0) is 82.5 Å². The minimum absolute atomic E-state index is 0.247. The number of carbonyl (C=O) groups excluding carboxylic acids is 1. The van der Waals surface area contributed by atoms with Gasteiger partial charge in [-0.1, -0.05) is 19.1 Å². The molecule has 1 amide bonds. The first-order valence-electron chi connectivity index (χ1n) is 13.4. The number of ether oxygens (including phenoxy) is 1. The molecule has 1 aliphatic rings. The average Bonchev–Trinajstić information content (AvgIpc) is 3.25.